The van der Waals surface area contributed by atoms with Crippen molar-refractivity contribution in [1.82, 2.24) is 9.97 Å². The molecule has 0 bridgehead atoms. The van der Waals surface area contributed by atoms with E-state index in [0.717, 1.165) is 11.3 Å². The minimum absolute atomic E-state index is 0.318. The van der Waals surface area contributed by atoms with Gasteiger partial charge in [-0.1, -0.05) is 23.7 Å². The van der Waals surface area contributed by atoms with E-state index >= 15 is 0 Å². The highest BCUT2D eigenvalue weighted by Gasteiger charge is 2.04. The van der Waals surface area contributed by atoms with E-state index in [0.29, 0.717) is 30.0 Å². The largest absolute Gasteiger partial charge is 0.380 e. The summed E-state index contributed by atoms with van der Waals surface area (Å²) in [7, 11) is 3.26. The maximum Gasteiger partial charge on any atom is 0.158 e. The Morgan fingerprint density at radius 3 is 2.65 bits per heavy atom. The highest BCUT2D eigenvalue weighted by Crippen LogP contribution is 2.19. The maximum atomic E-state index is 5.97. The van der Waals surface area contributed by atoms with Crippen LogP contribution in [0.5, 0.6) is 0 Å². The summed E-state index contributed by atoms with van der Waals surface area (Å²) in [5.74, 6) is 1.17. The topological polar surface area (TPSA) is 56.3 Å². The van der Waals surface area contributed by atoms with E-state index in [4.69, 9.17) is 21.1 Å². The van der Waals surface area contributed by atoms with Crippen LogP contribution >= 0.6 is 11.6 Å². The fourth-order valence-corrected chi connectivity index (χ4v) is 1.98. The Bertz CT molecular complexity index is 578. The molecule has 0 aliphatic rings. The molecular weight excluding hydrogens is 278 g/mol. The van der Waals surface area contributed by atoms with Crippen molar-refractivity contribution in [2.75, 3.05) is 19.5 Å². The van der Waals surface area contributed by atoms with Crippen LogP contribution < -0.4 is 5.32 Å². The third-order valence-corrected chi connectivity index (χ3v) is 2.72. The number of methoxy groups -OCH3 is 2. The highest BCUT2D eigenvalue weighted by atomic mass is 35.5. The normalized spacial score (nSPS) is 10.6. The molecule has 0 fully saturated rings. The van der Waals surface area contributed by atoms with Crippen LogP contribution in [0.4, 0.5) is 11.5 Å². The molecule has 1 aromatic heterocycles. The van der Waals surface area contributed by atoms with Crippen LogP contribution in [0.25, 0.3) is 0 Å². The van der Waals surface area contributed by atoms with Crippen LogP contribution in [0.1, 0.15) is 11.4 Å². The molecule has 106 valence electrons. The van der Waals surface area contributed by atoms with Gasteiger partial charge in [0.25, 0.3) is 0 Å². The molecule has 1 N–H and O–H groups in total. The van der Waals surface area contributed by atoms with Crippen molar-refractivity contribution in [3.05, 3.63) is 46.9 Å². The Balaban J connectivity index is 2.18. The van der Waals surface area contributed by atoms with Gasteiger partial charge in [-0.25, -0.2) is 9.97 Å². The summed E-state index contributed by atoms with van der Waals surface area (Å²) < 4.78 is 10.1. The minimum atomic E-state index is 0.318. The molecule has 0 aliphatic carbocycles. The summed E-state index contributed by atoms with van der Waals surface area (Å²) in [6.45, 7) is 0.883. The third kappa shape index (κ3) is 4.16. The highest BCUT2D eigenvalue weighted by molar-refractivity contribution is 6.29. The fourth-order valence-electron chi connectivity index (χ4n) is 1.78. The number of aromatic nitrogens is 2. The molecule has 6 heteroatoms. The molecule has 2 rings (SSSR count). The van der Waals surface area contributed by atoms with Gasteiger partial charge in [-0.15, -0.1) is 0 Å². The standard InChI is InChI=1S/C14H16ClN3O2/c1-19-8-10-4-3-5-11(6-10)16-13-7-12(15)17-14(18-13)9-20-2/h3-7H,8-9H2,1-2H3,(H,16,17,18). The molecule has 0 amide bonds. The fraction of sp³-hybridized carbons (Fsp3) is 0.286. The summed E-state index contributed by atoms with van der Waals surface area (Å²) in [5, 5.41) is 3.57. The van der Waals surface area contributed by atoms with E-state index in [1.165, 1.54) is 0 Å². The monoisotopic (exact) mass is 293 g/mol. The lowest BCUT2D eigenvalue weighted by Gasteiger charge is -2.09. The van der Waals surface area contributed by atoms with E-state index in [9.17, 15) is 0 Å². The van der Waals surface area contributed by atoms with Gasteiger partial charge in [0.1, 0.15) is 17.6 Å². The summed E-state index contributed by atoms with van der Waals surface area (Å²) in [6.07, 6.45) is 0. The number of anilines is 2. The average Bonchev–Trinajstić information content (AvgIpc) is 2.39. The van der Waals surface area contributed by atoms with Crippen LogP contribution in [0, 0.1) is 0 Å². The van der Waals surface area contributed by atoms with Gasteiger partial charge in [0.2, 0.25) is 0 Å². The number of rotatable bonds is 6. The van der Waals surface area contributed by atoms with E-state index in [2.05, 4.69) is 15.3 Å². The minimum Gasteiger partial charge on any atom is -0.380 e. The van der Waals surface area contributed by atoms with Crippen molar-refractivity contribution in [2.45, 2.75) is 13.2 Å². The van der Waals surface area contributed by atoms with Crippen LogP contribution in [-0.2, 0) is 22.7 Å². The summed E-state index contributed by atoms with van der Waals surface area (Å²) in [5.41, 5.74) is 1.99. The Hall–Kier alpha value is -1.69. The smallest absolute Gasteiger partial charge is 0.158 e. The summed E-state index contributed by atoms with van der Waals surface area (Å²) >= 11 is 5.97. The SMILES string of the molecule is COCc1cccc(Nc2cc(Cl)nc(COC)n2)c1. The van der Waals surface area contributed by atoms with Crippen LogP contribution in [-0.4, -0.2) is 24.2 Å². The Morgan fingerprint density at radius 2 is 1.90 bits per heavy atom. The molecule has 0 atom stereocenters. The number of hydrogen-bond acceptors (Lipinski definition) is 5. The quantitative estimate of drug-likeness (QED) is 0.829. The van der Waals surface area contributed by atoms with Crippen LogP contribution in [0.2, 0.25) is 5.15 Å². The van der Waals surface area contributed by atoms with Gasteiger partial charge < -0.3 is 14.8 Å². The maximum absolute atomic E-state index is 5.97. The lowest BCUT2D eigenvalue weighted by atomic mass is 10.2. The zero-order valence-corrected chi connectivity index (χ0v) is 12.1. The summed E-state index contributed by atoms with van der Waals surface area (Å²) in [4.78, 5) is 8.41. The second-order valence-corrected chi connectivity index (χ2v) is 4.57. The Morgan fingerprint density at radius 1 is 1.10 bits per heavy atom. The van der Waals surface area contributed by atoms with Gasteiger partial charge in [-0.3, -0.25) is 0 Å². The number of nitrogens with zero attached hydrogens (tertiary/aromatic N) is 2. The second-order valence-electron chi connectivity index (χ2n) is 4.18. The molecule has 1 aromatic carbocycles. The molecule has 2 aromatic rings. The molecule has 1 heterocycles. The predicted octanol–water partition coefficient (Wildman–Crippen LogP) is 3.17. The number of benzene rings is 1. The first-order valence-electron chi connectivity index (χ1n) is 6.08. The average molecular weight is 294 g/mol. The second kappa shape index (κ2) is 7.19. The number of ether oxygens (including phenoxy) is 2. The van der Waals surface area contributed by atoms with Gasteiger partial charge in [-0.05, 0) is 17.7 Å². The van der Waals surface area contributed by atoms with Gasteiger partial charge >= 0.3 is 0 Å². The lowest BCUT2D eigenvalue weighted by molar-refractivity contribution is 0.178. The van der Waals surface area contributed by atoms with Crippen molar-refractivity contribution < 1.29 is 9.47 Å². The number of hydrogen-bond donors (Lipinski definition) is 1. The molecule has 0 saturated carbocycles. The zero-order chi connectivity index (χ0) is 14.4. The molecular formula is C14H16ClN3O2. The Labute approximate surface area is 122 Å². The molecule has 0 saturated heterocycles. The van der Waals surface area contributed by atoms with Gasteiger partial charge in [0.05, 0.1) is 6.61 Å². The van der Waals surface area contributed by atoms with E-state index in [1.54, 1.807) is 20.3 Å². The third-order valence-electron chi connectivity index (χ3n) is 2.53. The van der Waals surface area contributed by atoms with Crippen molar-refractivity contribution in [2.24, 2.45) is 0 Å². The lowest BCUT2D eigenvalue weighted by Crippen LogP contribution is -2.02. The van der Waals surface area contributed by atoms with Gasteiger partial charge in [0, 0.05) is 26.0 Å². The first-order valence-corrected chi connectivity index (χ1v) is 6.46. The molecule has 0 aliphatic heterocycles. The number of nitrogens with one attached hydrogen (secondary N) is 1. The van der Waals surface area contributed by atoms with Gasteiger partial charge in [-0.2, -0.15) is 0 Å². The molecule has 0 unspecified atom stereocenters. The summed E-state index contributed by atoms with van der Waals surface area (Å²) in [6, 6.07) is 9.57. The van der Waals surface area contributed by atoms with E-state index in [-0.39, 0.29) is 0 Å². The van der Waals surface area contributed by atoms with Crippen LogP contribution in [0.3, 0.4) is 0 Å². The van der Waals surface area contributed by atoms with Crippen molar-refractivity contribution in [1.29, 1.82) is 0 Å². The van der Waals surface area contributed by atoms with Crippen LogP contribution in [0.15, 0.2) is 30.3 Å². The van der Waals surface area contributed by atoms with E-state index < -0.39 is 0 Å². The predicted molar refractivity (Wildman–Crippen MR) is 78.2 cm³/mol. The molecule has 20 heavy (non-hydrogen) atoms. The first-order chi connectivity index (χ1) is 9.71. The number of halogens is 1. The van der Waals surface area contributed by atoms with Crippen molar-refractivity contribution >= 4 is 23.1 Å². The van der Waals surface area contributed by atoms with E-state index in [1.807, 2.05) is 24.3 Å². The zero-order valence-electron chi connectivity index (χ0n) is 11.4. The molecule has 0 radical (unpaired) electrons. The first kappa shape index (κ1) is 14.7. The molecule has 5 nitrogen and oxygen atoms in total. The van der Waals surface area contributed by atoms with Crippen molar-refractivity contribution in [3.63, 3.8) is 0 Å². The van der Waals surface area contributed by atoms with Gasteiger partial charge in [0.15, 0.2) is 5.82 Å². The molecule has 0 spiro atoms. The van der Waals surface area contributed by atoms with Crippen molar-refractivity contribution in [3.8, 4) is 0 Å². The Kier molecular flexibility index (Phi) is 5.29.